The predicted molar refractivity (Wildman–Crippen MR) is 99.6 cm³/mol. The fraction of sp³-hybridized carbons (Fsp3) is 0.333. The Morgan fingerprint density at radius 3 is 2.72 bits per heavy atom. The summed E-state index contributed by atoms with van der Waals surface area (Å²) in [5.41, 5.74) is 0.932. The number of hydrogen-bond donors (Lipinski definition) is 1. The molecule has 2 rings (SSSR count). The van der Waals surface area contributed by atoms with E-state index in [0.717, 1.165) is 18.5 Å². The van der Waals surface area contributed by atoms with Crippen molar-refractivity contribution in [1.29, 1.82) is 0 Å². The highest BCUT2D eigenvalue weighted by Gasteiger charge is 2.06. The molecule has 0 atom stereocenters. The molecular formula is C18H20Cl2N2O3. The van der Waals surface area contributed by atoms with Crippen molar-refractivity contribution in [2.45, 2.75) is 26.3 Å². The van der Waals surface area contributed by atoms with E-state index in [1.165, 1.54) is 0 Å². The number of nitrogens with one attached hydrogen (secondary N) is 1. The molecule has 1 heterocycles. The molecule has 5 nitrogen and oxygen atoms in total. The molecule has 1 aromatic carbocycles. The first-order valence-corrected chi connectivity index (χ1v) is 8.74. The van der Waals surface area contributed by atoms with E-state index in [0.29, 0.717) is 28.9 Å². The summed E-state index contributed by atoms with van der Waals surface area (Å²) in [6.45, 7) is 2.95. The van der Waals surface area contributed by atoms with E-state index in [1.807, 2.05) is 13.0 Å². The average Bonchev–Trinajstić information content (AvgIpc) is 2.56. The van der Waals surface area contributed by atoms with Gasteiger partial charge < -0.3 is 14.6 Å². The summed E-state index contributed by atoms with van der Waals surface area (Å²) in [6, 6.07) is 10.0. The molecule has 0 saturated heterocycles. The average molecular weight is 383 g/mol. The molecule has 0 radical (unpaired) electrons. The molecule has 1 N–H and O–H groups in total. The van der Waals surface area contributed by atoms with Crippen LogP contribution in [0.2, 0.25) is 10.0 Å². The molecule has 7 heteroatoms. The van der Waals surface area contributed by atoms with Crippen LogP contribution in [0.1, 0.15) is 18.5 Å². The molecule has 0 unspecified atom stereocenters. The third kappa shape index (κ3) is 6.11. The minimum atomic E-state index is -0.223. The Morgan fingerprint density at radius 1 is 1.20 bits per heavy atom. The lowest BCUT2D eigenvalue weighted by atomic mass is 10.2. The van der Waals surface area contributed by atoms with Gasteiger partial charge in [0.15, 0.2) is 6.61 Å². The number of rotatable bonds is 8. The molecule has 134 valence electrons. The summed E-state index contributed by atoms with van der Waals surface area (Å²) >= 11 is 11.8. The van der Waals surface area contributed by atoms with Crippen molar-refractivity contribution in [1.82, 2.24) is 9.88 Å². The van der Waals surface area contributed by atoms with Crippen molar-refractivity contribution in [3.63, 3.8) is 0 Å². The third-order valence-corrected chi connectivity index (χ3v) is 4.18. The van der Waals surface area contributed by atoms with Crippen LogP contribution in [-0.2, 0) is 11.3 Å². The predicted octanol–water partition coefficient (Wildman–Crippen LogP) is 3.44. The van der Waals surface area contributed by atoms with Gasteiger partial charge in [-0.15, -0.1) is 0 Å². The lowest BCUT2D eigenvalue weighted by Gasteiger charge is -2.10. The second-order valence-electron chi connectivity index (χ2n) is 5.58. The van der Waals surface area contributed by atoms with Crippen LogP contribution >= 0.6 is 23.2 Å². The summed E-state index contributed by atoms with van der Waals surface area (Å²) in [5, 5.41) is 3.65. The van der Waals surface area contributed by atoms with Gasteiger partial charge in [-0.05, 0) is 44.0 Å². The van der Waals surface area contributed by atoms with E-state index < -0.39 is 0 Å². The van der Waals surface area contributed by atoms with Gasteiger partial charge in [-0.2, -0.15) is 0 Å². The molecule has 0 saturated carbocycles. The number of aromatic nitrogens is 1. The number of carbonyl (C=O) groups is 1. The summed E-state index contributed by atoms with van der Waals surface area (Å²) < 4.78 is 7.09. The third-order valence-electron chi connectivity index (χ3n) is 3.65. The van der Waals surface area contributed by atoms with Gasteiger partial charge in [0, 0.05) is 29.9 Å². The quantitative estimate of drug-likeness (QED) is 0.711. The number of benzene rings is 1. The molecule has 2 aromatic rings. The van der Waals surface area contributed by atoms with Crippen molar-refractivity contribution in [3.05, 3.63) is 62.5 Å². The number of pyridine rings is 1. The highest BCUT2D eigenvalue weighted by atomic mass is 35.5. The molecule has 1 aromatic heterocycles. The minimum Gasteiger partial charge on any atom is -0.482 e. The molecule has 0 bridgehead atoms. The van der Waals surface area contributed by atoms with Crippen molar-refractivity contribution in [2.24, 2.45) is 0 Å². The standard InChI is InChI=1S/C18H20Cl2N2O3/c1-13-5-4-6-18(24)22(13)10-3-2-9-21-17(23)12-25-16-8-7-14(19)11-15(16)20/h4-8,11H,2-3,9-10,12H2,1H3,(H,21,23). The van der Waals surface area contributed by atoms with Gasteiger partial charge in [0.25, 0.3) is 11.5 Å². The summed E-state index contributed by atoms with van der Waals surface area (Å²) in [7, 11) is 0. The van der Waals surface area contributed by atoms with E-state index >= 15 is 0 Å². The Balaban J connectivity index is 1.66. The van der Waals surface area contributed by atoms with E-state index in [4.69, 9.17) is 27.9 Å². The van der Waals surface area contributed by atoms with Crippen molar-refractivity contribution >= 4 is 29.1 Å². The normalized spacial score (nSPS) is 10.5. The zero-order valence-corrected chi connectivity index (χ0v) is 15.4. The van der Waals surface area contributed by atoms with E-state index in [-0.39, 0.29) is 18.1 Å². The first-order valence-electron chi connectivity index (χ1n) is 7.98. The summed E-state index contributed by atoms with van der Waals surface area (Å²) in [6.07, 6.45) is 1.57. The Hall–Kier alpha value is -1.98. The fourth-order valence-corrected chi connectivity index (χ4v) is 2.78. The molecule has 0 aliphatic carbocycles. The Bertz CT molecular complexity index is 790. The summed E-state index contributed by atoms with van der Waals surface area (Å²) in [4.78, 5) is 23.5. The number of hydrogen-bond acceptors (Lipinski definition) is 3. The Labute approximate surface area is 156 Å². The number of nitrogens with zero attached hydrogens (tertiary/aromatic N) is 1. The maximum absolute atomic E-state index is 11.8. The molecule has 0 aliphatic rings. The van der Waals surface area contributed by atoms with E-state index in [9.17, 15) is 9.59 Å². The van der Waals surface area contributed by atoms with E-state index in [2.05, 4.69) is 5.32 Å². The second-order valence-corrected chi connectivity index (χ2v) is 6.42. The lowest BCUT2D eigenvalue weighted by Crippen LogP contribution is -2.30. The van der Waals surface area contributed by atoms with Crippen LogP contribution in [0, 0.1) is 6.92 Å². The van der Waals surface area contributed by atoms with Crippen molar-refractivity contribution < 1.29 is 9.53 Å². The monoisotopic (exact) mass is 382 g/mol. The van der Waals surface area contributed by atoms with Crippen LogP contribution < -0.4 is 15.6 Å². The molecular weight excluding hydrogens is 363 g/mol. The fourth-order valence-electron chi connectivity index (χ4n) is 2.32. The zero-order chi connectivity index (χ0) is 18.2. The zero-order valence-electron chi connectivity index (χ0n) is 13.9. The second kappa shape index (κ2) is 9.49. The number of unbranched alkanes of at least 4 members (excludes halogenated alkanes) is 1. The smallest absolute Gasteiger partial charge is 0.257 e. The highest BCUT2D eigenvalue weighted by molar-refractivity contribution is 6.35. The van der Waals surface area contributed by atoms with Gasteiger partial charge in [-0.25, -0.2) is 0 Å². The first kappa shape index (κ1) is 19.3. The first-order chi connectivity index (χ1) is 12.0. The van der Waals surface area contributed by atoms with Crippen LogP contribution in [0.15, 0.2) is 41.2 Å². The Morgan fingerprint density at radius 2 is 2.00 bits per heavy atom. The number of halogens is 2. The minimum absolute atomic E-state index is 0.00252. The number of aryl methyl sites for hydroxylation is 1. The van der Waals surface area contributed by atoms with Crippen LogP contribution in [-0.4, -0.2) is 23.6 Å². The van der Waals surface area contributed by atoms with Gasteiger partial charge in [0.1, 0.15) is 5.75 Å². The SMILES string of the molecule is Cc1cccc(=O)n1CCCCNC(=O)COc1ccc(Cl)cc1Cl. The molecule has 0 fully saturated rings. The van der Waals surface area contributed by atoms with Gasteiger partial charge in [0.2, 0.25) is 0 Å². The van der Waals surface area contributed by atoms with Crippen molar-refractivity contribution in [2.75, 3.05) is 13.2 Å². The van der Waals surface area contributed by atoms with Crippen molar-refractivity contribution in [3.8, 4) is 5.75 Å². The maximum Gasteiger partial charge on any atom is 0.257 e. The summed E-state index contributed by atoms with van der Waals surface area (Å²) in [5.74, 6) is 0.194. The van der Waals surface area contributed by atoms with Crippen LogP contribution in [0.5, 0.6) is 5.75 Å². The maximum atomic E-state index is 11.8. The lowest BCUT2D eigenvalue weighted by molar-refractivity contribution is -0.123. The molecule has 1 amide bonds. The van der Waals surface area contributed by atoms with Gasteiger partial charge in [0.05, 0.1) is 5.02 Å². The van der Waals surface area contributed by atoms with Crippen LogP contribution in [0.25, 0.3) is 0 Å². The van der Waals surface area contributed by atoms with Gasteiger partial charge in [-0.1, -0.05) is 29.3 Å². The number of ether oxygens (including phenoxy) is 1. The van der Waals surface area contributed by atoms with Crippen LogP contribution in [0.4, 0.5) is 0 Å². The topological polar surface area (TPSA) is 60.3 Å². The van der Waals surface area contributed by atoms with Gasteiger partial charge in [-0.3, -0.25) is 9.59 Å². The highest BCUT2D eigenvalue weighted by Crippen LogP contribution is 2.27. The largest absolute Gasteiger partial charge is 0.482 e. The van der Waals surface area contributed by atoms with Crippen LogP contribution in [0.3, 0.4) is 0 Å². The molecule has 25 heavy (non-hydrogen) atoms. The van der Waals surface area contributed by atoms with E-state index in [1.54, 1.807) is 34.9 Å². The number of carbonyl (C=O) groups excluding carboxylic acids is 1. The van der Waals surface area contributed by atoms with Gasteiger partial charge >= 0.3 is 0 Å². The number of amides is 1. The molecule has 0 spiro atoms. The Kier molecular flexibility index (Phi) is 7.34. The molecule has 0 aliphatic heterocycles.